The van der Waals surface area contributed by atoms with E-state index in [4.69, 9.17) is 4.74 Å². The third-order valence-electron chi connectivity index (χ3n) is 3.72. The maximum absolute atomic E-state index is 12.0. The average Bonchev–Trinajstić information content (AvgIpc) is 3.16. The highest BCUT2D eigenvalue weighted by atomic mass is 16.5. The van der Waals surface area contributed by atoms with Gasteiger partial charge in [-0.15, -0.1) is 0 Å². The molecule has 0 unspecified atom stereocenters. The maximum Gasteiger partial charge on any atom is 0.309 e. The normalized spacial score (nSPS) is 22.5. The third-order valence-corrected chi connectivity index (χ3v) is 3.72. The lowest BCUT2D eigenvalue weighted by Gasteiger charge is -2.12. The molecule has 1 fully saturated rings. The Labute approximate surface area is 116 Å². The van der Waals surface area contributed by atoms with Gasteiger partial charge in [-0.25, -0.2) is 4.98 Å². The van der Waals surface area contributed by atoms with Crippen LogP contribution in [-0.4, -0.2) is 15.9 Å². The summed E-state index contributed by atoms with van der Waals surface area (Å²) in [4.78, 5) is 30.8. The summed E-state index contributed by atoms with van der Waals surface area (Å²) in [5.41, 5.74) is 0.391. The van der Waals surface area contributed by atoms with Crippen LogP contribution in [0.3, 0.4) is 0 Å². The summed E-state index contributed by atoms with van der Waals surface area (Å²) in [6.07, 6.45) is 0.334. The largest absolute Gasteiger partial charge is 0.454 e. The van der Waals surface area contributed by atoms with Crippen LogP contribution in [0.4, 0.5) is 0 Å². The smallest absolute Gasteiger partial charge is 0.309 e. The molecule has 1 aromatic heterocycles. The minimum Gasteiger partial charge on any atom is -0.454 e. The summed E-state index contributed by atoms with van der Waals surface area (Å²) in [5.74, 6) is 0.583. The quantitative estimate of drug-likeness (QED) is 0.869. The number of nitrogens with zero attached hydrogens (tertiary/aromatic N) is 1. The average molecular weight is 272 g/mol. The van der Waals surface area contributed by atoms with Crippen LogP contribution in [0, 0.1) is 11.8 Å². The second-order valence-corrected chi connectivity index (χ2v) is 5.37. The van der Waals surface area contributed by atoms with Gasteiger partial charge in [0.25, 0.3) is 5.56 Å². The maximum atomic E-state index is 12.0. The minimum absolute atomic E-state index is 0.00429. The zero-order valence-electron chi connectivity index (χ0n) is 11.4. The van der Waals surface area contributed by atoms with Crippen LogP contribution in [0.1, 0.15) is 32.2 Å². The van der Waals surface area contributed by atoms with Crippen molar-refractivity contribution < 1.29 is 9.53 Å². The molecule has 1 aromatic carbocycles. The topological polar surface area (TPSA) is 72.0 Å². The molecule has 5 nitrogen and oxygen atoms in total. The fourth-order valence-corrected chi connectivity index (χ4v) is 2.26. The number of hydrogen-bond acceptors (Lipinski definition) is 4. The van der Waals surface area contributed by atoms with Crippen LogP contribution >= 0.6 is 0 Å². The number of hydrogen-bond donors (Lipinski definition) is 1. The van der Waals surface area contributed by atoms with Crippen molar-refractivity contribution in [3.05, 3.63) is 40.4 Å². The number of carbonyl (C=O) groups excluding carboxylic acids is 1. The van der Waals surface area contributed by atoms with Gasteiger partial charge in [0.15, 0.2) is 11.9 Å². The first kappa shape index (κ1) is 12.8. The fraction of sp³-hybridized carbons (Fsp3) is 0.400. The molecule has 3 atom stereocenters. The Morgan fingerprint density at radius 2 is 2.15 bits per heavy atom. The van der Waals surface area contributed by atoms with Crippen LogP contribution in [0.2, 0.25) is 0 Å². The number of esters is 1. The van der Waals surface area contributed by atoms with Gasteiger partial charge in [-0.2, -0.15) is 0 Å². The summed E-state index contributed by atoms with van der Waals surface area (Å²) in [5, 5.41) is 0.533. The van der Waals surface area contributed by atoms with Gasteiger partial charge in [0.05, 0.1) is 16.8 Å². The highest BCUT2D eigenvalue weighted by Crippen LogP contribution is 2.39. The number of ether oxygens (including phenoxy) is 1. The Balaban J connectivity index is 1.86. The predicted molar refractivity (Wildman–Crippen MR) is 74.1 cm³/mol. The van der Waals surface area contributed by atoms with Crippen molar-refractivity contribution in [1.29, 1.82) is 0 Å². The molecule has 1 aliphatic rings. The monoisotopic (exact) mass is 272 g/mol. The second kappa shape index (κ2) is 4.74. The number of H-pyrrole nitrogens is 1. The molecular formula is C15H16N2O3. The van der Waals surface area contributed by atoms with Gasteiger partial charge in [-0.1, -0.05) is 19.1 Å². The van der Waals surface area contributed by atoms with E-state index in [0.29, 0.717) is 22.6 Å². The zero-order chi connectivity index (χ0) is 14.3. The number of rotatable bonds is 3. The van der Waals surface area contributed by atoms with Crippen LogP contribution in [-0.2, 0) is 9.53 Å². The van der Waals surface area contributed by atoms with E-state index < -0.39 is 6.10 Å². The number of carbonyl (C=O) groups is 1. The molecule has 1 heterocycles. The summed E-state index contributed by atoms with van der Waals surface area (Å²) < 4.78 is 5.36. The van der Waals surface area contributed by atoms with Crippen molar-refractivity contribution in [3.8, 4) is 0 Å². The SMILES string of the molecule is C[C@H](OC(=O)[C@@H]1C[C@H]1C)c1nc2ccccc2c(=O)[nH]1. The van der Waals surface area contributed by atoms with Gasteiger partial charge in [-0.3, -0.25) is 9.59 Å². The summed E-state index contributed by atoms with van der Waals surface area (Å²) >= 11 is 0. The lowest BCUT2D eigenvalue weighted by molar-refractivity contribution is -0.150. The van der Waals surface area contributed by atoms with E-state index in [1.807, 2.05) is 13.0 Å². The lowest BCUT2D eigenvalue weighted by Crippen LogP contribution is -2.18. The number of benzene rings is 1. The zero-order valence-corrected chi connectivity index (χ0v) is 11.4. The molecule has 1 N–H and O–H groups in total. The number of aromatic amines is 1. The highest BCUT2D eigenvalue weighted by Gasteiger charge is 2.41. The van der Waals surface area contributed by atoms with Crippen molar-refractivity contribution in [1.82, 2.24) is 9.97 Å². The van der Waals surface area contributed by atoms with Crippen molar-refractivity contribution in [2.45, 2.75) is 26.4 Å². The number of fused-ring (bicyclic) bond motifs is 1. The van der Waals surface area contributed by atoms with Gasteiger partial charge in [0, 0.05) is 0 Å². The van der Waals surface area contributed by atoms with Gasteiger partial charge < -0.3 is 9.72 Å². The van der Waals surface area contributed by atoms with E-state index in [1.165, 1.54) is 0 Å². The third kappa shape index (κ3) is 2.31. The van der Waals surface area contributed by atoms with Crippen molar-refractivity contribution in [2.24, 2.45) is 11.8 Å². The molecule has 0 spiro atoms. The van der Waals surface area contributed by atoms with Crippen molar-refractivity contribution >= 4 is 16.9 Å². The molecular weight excluding hydrogens is 256 g/mol. The van der Waals surface area contributed by atoms with Crippen LogP contribution in [0.15, 0.2) is 29.1 Å². The summed E-state index contributed by atoms with van der Waals surface area (Å²) in [6, 6.07) is 7.09. The van der Waals surface area contributed by atoms with Crippen molar-refractivity contribution in [2.75, 3.05) is 0 Å². The Hall–Kier alpha value is -2.17. The highest BCUT2D eigenvalue weighted by molar-refractivity contribution is 5.77. The molecule has 20 heavy (non-hydrogen) atoms. The number of aromatic nitrogens is 2. The molecule has 2 aromatic rings. The van der Waals surface area contributed by atoms with Crippen LogP contribution in [0.5, 0.6) is 0 Å². The summed E-state index contributed by atoms with van der Waals surface area (Å²) in [6.45, 7) is 3.74. The Kier molecular flexibility index (Phi) is 3.04. The Bertz CT molecular complexity index is 722. The lowest BCUT2D eigenvalue weighted by atomic mass is 10.2. The number of para-hydroxylation sites is 1. The molecule has 0 saturated heterocycles. The van der Waals surface area contributed by atoms with Crippen LogP contribution < -0.4 is 5.56 Å². The van der Waals surface area contributed by atoms with E-state index in [0.717, 1.165) is 6.42 Å². The van der Waals surface area contributed by atoms with E-state index in [1.54, 1.807) is 25.1 Å². The van der Waals surface area contributed by atoms with E-state index in [2.05, 4.69) is 9.97 Å². The fourth-order valence-electron chi connectivity index (χ4n) is 2.26. The first-order valence-corrected chi connectivity index (χ1v) is 6.75. The second-order valence-electron chi connectivity index (χ2n) is 5.37. The van der Waals surface area contributed by atoms with E-state index >= 15 is 0 Å². The van der Waals surface area contributed by atoms with E-state index in [9.17, 15) is 9.59 Å². The molecule has 104 valence electrons. The van der Waals surface area contributed by atoms with Gasteiger partial charge in [0.1, 0.15) is 0 Å². The van der Waals surface area contributed by atoms with Gasteiger partial charge in [0.2, 0.25) is 0 Å². The Morgan fingerprint density at radius 1 is 1.45 bits per heavy atom. The molecule has 0 aliphatic heterocycles. The summed E-state index contributed by atoms with van der Waals surface area (Å²) in [7, 11) is 0. The molecule has 1 saturated carbocycles. The standard InChI is InChI=1S/C15H16N2O3/c1-8-7-11(8)15(19)20-9(2)13-16-12-6-4-3-5-10(12)14(18)17-13/h3-6,8-9,11H,7H2,1-2H3,(H,16,17,18)/t8-,9+,11-/m1/s1. The van der Waals surface area contributed by atoms with Crippen molar-refractivity contribution in [3.63, 3.8) is 0 Å². The first-order valence-electron chi connectivity index (χ1n) is 6.75. The van der Waals surface area contributed by atoms with E-state index in [-0.39, 0.29) is 17.4 Å². The number of nitrogens with one attached hydrogen (secondary N) is 1. The van der Waals surface area contributed by atoms with Gasteiger partial charge >= 0.3 is 5.97 Å². The molecule has 5 heteroatoms. The first-order chi connectivity index (χ1) is 9.56. The molecule has 0 radical (unpaired) electrons. The Morgan fingerprint density at radius 3 is 2.85 bits per heavy atom. The molecule has 1 aliphatic carbocycles. The van der Waals surface area contributed by atoms with Gasteiger partial charge in [-0.05, 0) is 31.4 Å². The minimum atomic E-state index is -0.549. The van der Waals surface area contributed by atoms with Crippen LogP contribution in [0.25, 0.3) is 10.9 Å². The molecule has 3 rings (SSSR count). The molecule has 0 bridgehead atoms. The predicted octanol–water partition coefficient (Wildman–Crippen LogP) is 2.18. The molecule has 0 amide bonds.